The summed E-state index contributed by atoms with van der Waals surface area (Å²) < 4.78 is 0. The third-order valence-electron chi connectivity index (χ3n) is 3.66. The first-order chi connectivity index (χ1) is 6.67. The predicted molar refractivity (Wildman–Crippen MR) is 57.3 cm³/mol. The average molecular weight is 198 g/mol. The highest BCUT2D eigenvalue weighted by Gasteiger charge is 2.30. The summed E-state index contributed by atoms with van der Waals surface area (Å²) in [5, 5.41) is 13.3. The van der Waals surface area contributed by atoms with Crippen LogP contribution in [-0.4, -0.2) is 47.8 Å². The van der Waals surface area contributed by atoms with Gasteiger partial charge in [-0.05, 0) is 39.2 Å². The SMILES string of the molecule is CC1(O)CCN(C2CCCNC2)CC1. The maximum absolute atomic E-state index is 9.85. The molecule has 0 aromatic carbocycles. The van der Waals surface area contributed by atoms with Crippen molar-refractivity contribution in [1.29, 1.82) is 0 Å². The minimum Gasteiger partial charge on any atom is -0.390 e. The number of piperidine rings is 2. The molecule has 0 bridgehead atoms. The molecular formula is C11H22N2O. The van der Waals surface area contributed by atoms with Gasteiger partial charge < -0.3 is 10.4 Å². The molecule has 3 nitrogen and oxygen atoms in total. The lowest BCUT2D eigenvalue weighted by molar-refractivity contribution is -0.0190. The zero-order valence-corrected chi connectivity index (χ0v) is 9.13. The smallest absolute Gasteiger partial charge is 0.0644 e. The number of hydrogen-bond acceptors (Lipinski definition) is 3. The van der Waals surface area contributed by atoms with Gasteiger partial charge in [0, 0.05) is 25.7 Å². The van der Waals surface area contributed by atoms with E-state index in [1.54, 1.807) is 0 Å². The maximum atomic E-state index is 9.85. The molecule has 2 heterocycles. The molecule has 0 aliphatic carbocycles. The first-order valence-electron chi connectivity index (χ1n) is 5.84. The zero-order chi connectivity index (χ0) is 10.0. The fraction of sp³-hybridized carbons (Fsp3) is 1.00. The van der Waals surface area contributed by atoms with Crippen molar-refractivity contribution < 1.29 is 5.11 Å². The second kappa shape index (κ2) is 4.17. The Labute approximate surface area is 86.5 Å². The first-order valence-corrected chi connectivity index (χ1v) is 5.84. The first kappa shape index (κ1) is 10.4. The molecular weight excluding hydrogens is 176 g/mol. The second-order valence-corrected chi connectivity index (χ2v) is 5.03. The summed E-state index contributed by atoms with van der Waals surface area (Å²) in [5.41, 5.74) is -0.404. The molecule has 0 aromatic heterocycles. The van der Waals surface area contributed by atoms with Crippen molar-refractivity contribution in [2.24, 2.45) is 0 Å². The van der Waals surface area contributed by atoms with E-state index < -0.39 is 5.60 Å². The van der Waals surface area contributed by atoms with Gasteiger partial charge in [-0.3, -0.25) is 4.90 Å². The maximum Gasteiger partial charge on any atom is 0.0644 e. The summed E-state index contributed by atoms with van der Waals surface area (Å²) in [6.07, 6.45) is 4.50. The van der Waals surface area contributed by atoms with Crippen LogP contribution >= 0.6 is 0 Å². The van der Waals surface area contributed by atoms with Crippen molar-refractivity contribution >= 4 is 0 Å². The van der Waals surface area contributed by atoms with Crippen LogP contribution in [0.15, 0.2) is 0 Å². The standard InChI is InChI=1S/C11H22N2O/c1-11(14)4-7-13(8-5-11)10-3-2-6-12-9-10/h10,12,14H,2-9H2,1H3. The van der Waals surface area contributed by atoms with Gasteiger partial charge in [-0.15, -0.1) is 0 Å². The van der Waals surface area contributed by atoms with Crippen molar-refractivity contribution in [3.63, 3.8) is 0 Å². The molecule has 1 atom stereocenters. The number of rotatable bonds is 1. The van der Waals surface area contributed by atoms with E-state index in [0.717, 1.165) is 38.5 Å². The average Bonchev–Trinajstić information content (AvgIpc) is 2.19. The molecule has 3 heteroatoms. The van der Waals surface area contributed by atoms with Gasteiger partial charge in [0.2, 0.25) is 0 Å². The summed E-state index contributed by atoms with van der Waals surface area (Å²) in [6.45, 7) is 6.42. The van der Waals surface area contributed by atoms with Crippen LogP contribution in [0.25, 0.3) is 0 Å². The highest BCUT2D eigenvalue weighted by atomic mass is 16.3. The van der Waals surface area contributed by atoms with E-state index in [0.29, 0.717) is 0 Å². The molecule has 2 aliphatic heterocycles. The quantitative estimate of drug-likeness (QED) is 0.647. The molecule has 2 N–H and O–H groups in total. The van der Waals surface area contributed by atoms with Gasteiger partial charge in [0.15, 0.2) is 0 Å². The van der Waals surface area contributed by atoms with Crippen molar-refractivity contribution in [1.82, 2.24) is 10.2 Å². The minimum absolute atomic E-state index is 0.404. The van der Waals surface area contributed by atoms with E-state index in [4.69, 9.17) is 0 Å². The van der Waals surface area contributed by atoms with E-state index in [9.17, 15) is 5.11 Å². The third kappa shape index (κ3) is 2.47. The molecule has 1 unspecified atom stereocenters. The second-order valence-electron chi connectivity index (χ2n) is 5.03. The molecule has 0 radical (unpaired) electrons. The van der Waals surface area contributed by atoms with Crippen molar-refractivity contribution in [3.05, 3.63) is 0 Å². The minimum atomic E-state index is -0.404. The van der Waals surface area contributed by atoms with Crippen LogP contribution in [0.4, 0.5) is 0 Å². The molecule has 2 fully saturated rings. The highest BCUT2D eigenvalue weighted by Crippen LogP contribution is 2.24. The fourth-order valence-corrected chi connectivity index (χ4v) is 2.52. The van der Waals surface area contributed by atoms with Crippen LogP contribution < -0.4 is 5.32 Å². The largest absolute Gasteiger partial charge is 0.390 e. The number of nitrogens with one attached hydrogen (secondary N) is 1. The predicted octanol–water partition coefficient (Wildman–Crippen LogP) is 0.585. The van der Waals surface area contributed by atoms with E-state index in [1.165, 1.54) is 19.4 Å². The summed E-state index contributed by atoms with van der Waals surface area (Å²) in [6, 6.07) is 0.722. The van der Waals surface area contributed by atoms with E-state index in [2.05, 4.69) is 10.2 Å². The Morgan fingerprint density at radius 1 is 1.36 bits per heavy atom. The van der Waals surface area contributed by atoms with E-state index in [-0.39, 0.29) is 0 Å². The molecule has 0 spiro atoms. The van der Waals surface area contributed by atoms with Crippen LogP contribution in [0.5, 0.6) is 0 Å². The number of nitrogens with zero attached hydrogens (tertiary/aromatic N) is 1. The number of aliphatic hydroxyl groups is 1. The molecule has 0 aromatic rings. The van der Waals surface area contributed by atoms with Gasteiger partial charge in [-0.2, -0.15) is 0 Å². The topological polar surface area (TPSA) is 35.5 Å². The van der Waals surface area contributed by atoms with Crippen LogP contribution in [0.2, 0.25) is 0 Å². The lowest BCUT2D eigenvalue weighted by Gasteiger charge is -2.41. The van der Waals surface area contributed by atoms with Gasteiger partial charge in [0.1, 0.15) is 0 Å². The Kier molecular flexibility index (Phi) is 3.10. The molecule has 2 saturated heterocycles. The Morgan fingerprint density at radius 2 is 2.07 bits per heavy atom. The lowest BCUT2D eigenvalue weighted by Crippen LogP contribution is -2.51. The third-order valence-corrected chi connectivity index (χ3v) is 3.66. The van der Waals surface area contributed by atoms with Crippen molar-refractivity contribution in [2.45, 2.75) is 44.2 Å². The molecule has 0 saturated carbocycles. The van der Waals surface area contributed by atoms with Crippen LogP contribution in [0.1, 0.15) is 32.6 Å². The molecule has 14 heavy (non-hydrogen) atoms. The van der Waals surface area contributed by atoms with Gasteiger partial charge in [-0.1, -0.05) is 0 Å². The molecule has 82 valence electrons. The van der Waals surface area contributed by atoms with Gasteiger partial charge >= 0.3 is 0 Å². The van der Waals surface area contributed by atoms with Gasteiger partial charge in [0.05, 0.1) is 5.60 Å². The monoisotopic (exact) mass is 198 g/mol. The summed E-state index contributed by atoms with van der Waals surface area (Å²) >= 11 is 0. The van der Waals surface area contributed by atoms with Crippen LogP contribution in [0, 0.1) is 0 Å². The zero-order valence-electron chi connectivity index (χ0n) is 9.13. The van der Waals surface area contributed by atoms with E-state index >= 15 is 0 Å². The van der Waals surface area contributed by atoms with E-state index in [1.807, 2.05) is 6.92 Å². The van der Waals surface area contributed by atoms with Crippen molar-refractivity contribution in [2.75, 3.05) is 26.2 Å². The number of hydrogen-bond donors (Lipinski definition) is 2. The van der Waals surface area contributed by atoms with Gasteiger partial charge in [0.25, 0.3) is 0 Å². The Morgan fingerprint density at radius 3 is 2.64 bits per heavy atom. The Balaban J connectivity index is 1.82. The Bertz CT molecular complexity index is 178. The highest BCUT2D eigenvalue weighted by molar-refractivity contribution is 4.87. The molecule has 2 aliphatic rings. The van der Waals surface area contributed by atoms with Gasteiger partial charge in [-0.25, -0.2) is 0 Å². The fourth-order valence-electron chi connectivity index (χ4n) is 2.52. The van der Waals surface area contributed by atoms with Crippen LogP contribution in [0.3, 0.4) is 0 Å². The summed E-state index contributed by atoms with van der Waals surface area (Å²) in [7, 11) is 0. The summed E-state index contributed by atoms with van der Waals surface area (Å²) in [5.74, 6) is 0. The lowest BCUT2D eigenvalue weighted by atomic mass is 9.92. The summed E-state index contributed by atoms with van der Waals surface area (Å²) in [4.78, 5) is 2.55. The normalized spacial score (nSPS) is 34.3. The van der Waals surface area contributed by atoms with Crippen molar-refractivity contribution in [3.8, 4) is 0 Å². The van der Waals surface area contributed by atoms with Crippen LogP contribution in [-0.2, 0) is 0 Å². The number of likely N-dealkylation sites (tertiary alicyclic amines) is 1. The molecule has 2 rings (SSSR count). The Hall–Kier alpha value is -0.120. The molecule has 0 amide bonds.